The predicted molar refractivity (Wildman–Crippen MR) is 79.7 cm³/mol. The molecule has 0 saturated carbocycles. The minimum Gasteiger partial charge on any atom is -0.103 e. The van der Waals surface area contributed by atoms with E-state index in [-0.39, 0.29) is 0 Å². The Labute approximate surface area is 105 Å². The van der Waals surface area contributed by atoms with E-state index < -0.39 is 5.96 Å². The van der Waals surface area contributed by atoms with E-state index in [4.69, 9.17) is 0 Å². The summed E-state index contributed by atoms with van der Waals surface area (Å²) >= 11 is 4.13. The van der Waals surface area contributed by atoms with E-state index in [9.17, 15) is 0 Å². The zero-order chi connectivity index (χ0) is 12.3. The van der Waals surface area contributed by atoms with Crippen molar-refractivity contribution in [2.24, 2.45) is 0 Å². The molecule has 0 amide bonds. The average molecular weight is 294 g/mol. The summed E-state index contributed by atoms with van der Waals surface area (Å²) in [6.45, 7) is 18.0. The summed E-state index contributed by atoms with van der Waals surface area (Å²) in [6, 6.07) is 0. The lowest BCUT2D eigenvalue weighted by atomic mass is 10.2. The monoisotopic (exact) mass is 293 g/mol. The van der Waals surface area contributed by atoms with Gasteiger partial charge < -0.3 is 0 Å². The molecule has 0 unspecified atom stereocenters. The molecule has 0 heterocycles. The van der Waals surface area contributed by atoms with Crippen LogP contribution in [0.25, 0.3) is 0 Å². The highest BCUT2D eigenvalue weighted by Crippen LogP contribution is 2.82. The van der Waals surface area contributed by atoms with Crippen LogP contribution in [0.3, 0.4) is 0 Å². The molecule has 0 rings (SSSR count). The van der Waals surface area contributed by atoms with Crippen LogP contribution in [0.15, 0.2) is 12.7 Å². The van der Waals surface area contributed by atoms with Crippen LogP contribution in [0.4, 0.5) is 0 Å². The van der Waals surface area contributed by atoms with Crippen molar-refractivity contribution in [1.29, 1.82) is 0 Å². The van der Waals surface area contributed by atoms with Crippen LogP contribution in [-0.2, 0) is 0 Å². The van der Waals surface area contributed by atoms with Gasteiger partial charge in [-0.05, 0) is 54.4 Å². The Morgan fingerprint density at radius 2 is 1.47 bits per heavy atom. The SMILES string of the molecule is C=CCCC[P+](Br)(C(C)(C)C)C(C)(C)C. The van der Waals surface area contributed by atoms with Gasteiger partial charge in [-0.1, -0.05) is 6.08 Å². The molecule has 0 nitrogen and oxygen atoms in total. The van der Waals surface area contributed by atoms with Crippen LogP contribution in [0.2, 0.25) is 0 Å². The molecule has 0 aliphatic carbocycles. The molecule has 90 valence electrons. The molecule has 0 aliphatic rings. The molecule has 0 aromatic heterocycles. The Morgan fingerprint density at radius 1 is 1.07 bits per heavy atom. The first-order valence-electron chi connectivity index (χ1n) is 5.75. The highest BCUT2D eigenvalue weighted by Gasteiger charge is 2.55. The summed E-state index contributed by atoms with van der Waals surface area (Å²) in [6.07, 6.45) is 5.74. The van der Waals surface area contributed by atoms with Crippen LogP contribution in [-0.4, -0.2) is 16.5 Å². The fourth-order valence-corrected chi connectivity index (χ4v) is 6.86. The molecule has 0 aliphatic heterocycles. The summed E-state index contributed by atoms with van der Waals surface area (Å²) in [5.74, 6) is -1.10. The molecule has 15 heavy (non-hydrogen) atoms. The van der Waals surface area contributed by atoms with Crippen LogP contribution in [0.1, 0.15) is 54.4 Å². The molecule has 0 spiro atoms. The lowest BCUT2D eigenvalue weighted by Crippen LogP contribution is -2.32. The van der Waals surface area contributed by atoms with Gasteiger partial charge in [0.05, 0.1) is 22.4 Å². The van der Waals surface area contributed by atoms with Gasteiger partial charge in [0.15, 0.2) is 0 Å². The van der Waals surface area contributed by atoms with E-state index in [1.165, 1.54) is 12.6 Å². The lowest BCUT2D eigenvalue weighted by Gasteiger charge is -2.41. The molecule has 0 saturated heterocycles. The quantitative estimate of drug-likeness (QED) is 0.345. The molecule has 0 bridgehead atoms. The van der Waals surface area contributed by atoms with Crippen LogP contribution in [0.5, 0.6) is 0 Å². The minimum atomic E-state index is -1.10. The smallest absolute Gasteiger partial charge is 0.103 e. The van der Waals surface area contributed by atoms with Crippen molar-refractivity contribution in [3.05, 3.63) is 12.7 Å². The van der Waals surface area contributed by atoms with Gasteiger partial charge in [0.25, 0.3) is 0 Å². The normalized spacial score (nSPS) is 14.1. The van der Waals surface area contributed by atoms with Crippen LogP contribution < -0.4 is 0 Å². The number of hydrogen-bond acceptors (Lipinski definition) is 0. The minimum absolute atomic E-state index is 0.381. The molecule has 0 atom stereocenters. The summed E-state index contributed by atoms with van der Waals surface area (Å²) in [5, 5.41) is 0.763. The molecule has 2 heteroatoms. The Bertz CT molecular complexity index is 194. The van der Waals surface area contributed by atoms with Crippen LogP contribution in [0, 0.1) is 0 Å². The topological polar surface area (TPSA) is 0 Å². The van der Waals surface area contributed by atoms with Crippen molar-refractivity contribution >= 4 is 21.5 Å². The van der Waals surface area contributed by atoms with E-state index >= 15 is 0 Å². The highest BCUT2D eigenvalue weighted by atomic mass is 79.9. The summed E-state index contributed by atoms with van der Waals surface area (Å²) in [5.41, 5.74) is 0. The van der Waals surface area contributed by atoms with Crippen molar-refractivity contribution in [2.45, 2.75) is 64.7 Å². The van der Waals surface area contributed by atoms with E-state index in [0.717, 1.165) is 6.42 Å². The number of unbranched alkanes of at least 4 members (excludes halogenated alkanes) is 1. The fourth-order valence-electron chi connectivity index (χ4n) is 2.13. The summed E-state index contributed by atoms with van der Waals surface area (Å²) < 4.78 is 0. The number of allylic oxidation sites excluding steroid dienone is 1. The third-order valence-electron chi connectivity index (χ3n) is 3.00. The van der Waals surface area contributed by atoms with E-state index in [1.54, 1.807) is 0 Å². The van der Waals surface area contributed by atoms with Crippen LogP contribution >= 0.6 is 21.5 Å². The maximum Gasteiger partial charge on any atom is 0.139 e. The second kappa shape index (κ2) is 5.32. The van der Waals surface area contributed by atoms with Crippen molar-refractivity contribution in [2.75, 3.05) is 6.16 Å². The maximum atomic E-state index is 4.13. The standard InChI is InChI=1S/C13H27BrP/c1-8-9-10-11-15(14,12(2,3)4)13(5,6)7/h8H,1,9-11H2,2-7H3/q+1. The van der Waals surface area contributed by atoms with Gasteiger partial charge >= 0.3 is 0 Å². The van der Waals surface area contributed by atoms with Crippen molar-refractivity contribution in [3.63, 3.8) is 0 Å². The van der Waals surface area contributed by atoms with Gasteiger partial charge in [0, 0.05) is 0 Å². The maximum absolute atomic E-state index is 4.13. The molecule has 0 radical (unpaired) electrons. The Hall–Kier alpha value is 0.650. The first-order valence-corrected chi connectivity index (χ1v) is 9.74. The number of halogens is 1. The first kappa shape index (κ1) is 15.7. The van der Waals surface area contributed by atoms with E-state index in [0.29, 0.717) is 10.3 Å². The summed E-state index contributed by atoms with van der Waals surface area (Å²) in [4.78, 5) is 0. The Balaban J connectivity index is 4.81. The first-order chi connectivity index (χ1) is 6.56. The lowest BCUT2D eigenvalue weighted by molar-refractivity contribution is 0.694. The van der Waals surface area contributed by atoms with Gasteiger partial charge in [-0.2, -0.15) is 0 Å². The Morgan fingerprint density at radius 3 is 1.73 bits per heavy atom. The Kier molecular flexibility index (Phi) is 5.55. The summed E-state index contributed by atoms with van der Waals surface area (Å²) in [7, 11) is 0. The average Bonchev–Trinajstić information content (AvgIpc) is 2.00. The second-order valence-corrected chi connectivity index (χ2v) is 14.4. The second-order valence-electron chi connectivity index (χ2n) is 6.21. The molecule has 0 N–H and O–H groups in total. The molecular weight excluding hydrogens is 267 g/mol. The zero-order valence-corrected chi connectivity index (χ0v) is 13.7. The van der Waals surface area contributed by atoms with Gasteiger partial charge in [-0.15, -0.1) is 6.58 Å². The van der Waals surface area contributed by atoms with Gasteiger partial charge in [0.2, 0.25) is 0 Å². The number of rotatable bonds is 4. The van der Waals surface area contributed by atoms with E-state index in [1.807, 2.05) is 6.08 Å². The fraction of sp³-hybridized carbons (Fsp3) is 0.846. The van der Waals surface area contributed by atoms with Crippen molar-refractivity contribution in [1.82, 2.24) is 0 Å². The van der Waals surface area contributed by atoms with Gasteiger partial charge in [0.1, 0.15) is 15.5 Å². The van der Waals surface area contributed by atoms with Crippen molar-refractivity contribution < 1.29 is 0 Å². The molecule has 0 aromatic rings. The highest BCUT2D eigenvalue weighted by molar-refractivity contribution is 9.42. The molecule has 0 fully saturated rings. The largest absolute Gasteiger partial charge is 0.139 e. The molecular formula is C13H27BrP+. The third-order valence-corrected chi connectivity index (χ3v) is 15.6. The van der Waals surface area contributed by atoms with Gasteiger partial charge in [-0.25, -0.2) is 0 Å². The third kappa shape index (κ3) is 3.86. The van der Waals surface area contributed by atoms with E-state index in [2.05, 4.69) is 63.6 Å². The predicted octanol–water partition coefficient (Wildman–Crippen LogP) is 5.88. The number of hydrogen-bond donors (Lipinski definition) is 0. The van der Waals surface area contributed by atoms with Crippen molar-refractivity contribution in [3.8, 4) is 0 Å². The van der Waals surface area contributed by atoms with Gasteiger partial charge in [-0.3, -0.25) is 0 Å². The molecule has 0 aromatic carbocycles. The zero-order valence-electron chi connectivity index (χ0n) is 11.2.